The van der Waals surface area contributed by atoms with Crippen molar-refractivity contribution in [3.05, 3.63) is 29.6 Å². The molecule has 1 aromatic carbocycles. The fourth-order valence-electron chi connectivity index (χ4n) is 2.09. The van der Waals surface area contributed by atoms with E-state index in [-0.39, 0.29) is 0 Å². The Morgan fingerprint density at radius 2 is 1.53 bits per heavy atom. The summed E-state index contributed by atoms with van der Waals surface area (Å²) in [7, 11) is 5.39. The Kier molecular flexibility index (Phi) is 2.92. The van der Waals surface area contributed by atoms with Crippen LogP contribution in [0.2, 0.25) is 0 Å². The summed E-state index contributed by atoms with van der Waals surface area (Å²) in [4.78, 5) is 0. The van der Waals surface area contributed by atoms with Gasteiger partial charge in [0.2, 0.25) is 0 Å². The van der Waals surface area contributed by atoms with Gasteiger partial charge in [0.15, 0.2) is 22.9 Å². The Balaban J connectivity index is 2.83. The molecule has 0 aliphatic heterocycles. The molecule has 0 atom stereocenters. The van der Waals surface area contributed by atoms with Gasteiger partial charge in [0, 0.05) is 19.9 Å². The summed E-state index contributed by atoms with van der Waals surface area (Å²) < 4.78 is 12.8. The molecule has 0 fully saturated rings. The minimum Gasteiger partial charge on any atom is -0.493 e. The summed E-state index contributed by atoms with van der Waals surface area (Å²) in [5, 5.41) is 2.37. The van der Waals surface area contributed by atoms with Gasteiger partial charge < -0.3 is 9.47 Å². The van der Waals surface area contributed by atoms with E-state index in [2.05, 4.69) is 31.5 Å². The van der Waals surface area contributed by atoms with Gasteiger partial charge in [-0.2, -0.15) is 0 Å². The maximum atomic E-state index is 5.34. The summed E-state index contributed by atoms with van der Waals surface area (Å²) in [5.74, 6) is 1.54. The molecule has 1 heterocycles. The fraction of sp³-hybridized carbons (Fsp3) is 0.357. The highest BCUT2D eigenvalue weighted by molar-refractivity contribution is 5.87. The van der Waals surface area contributed by atoms with Crippen molar-refractivity contribution in [2.45, 2.75) is 13.8 Å². The van der Waals surface area contributed by atoms with E-state index in [1.54, 1.807) is 14.2 Å². The summed E-state index contributed by atoms with van der Waals surface area (Å²) in [6.45, 7) is 4.21. The third kappa shape index (κ3) is 1.82. The highest BCUT2D eigenvalue weighted by atomic mass is 16.5. The Morgan fingerprint density at radius 3 is 2.12 bits per heavy atom. The topological polar surface area (TPSA) is 22.3 Å². The lowest BCUT2D eigenvalue weighted by Gasteiger charge is -2.10. The molecule has 0 unspecified atom stereocenters. The predicted octanol–water partition coefficient (Wildman–Crippen LogP) is 2.30. The normalized spacial score (nSPS) is 10.6. The van der Waals surface area contributed by atoms with E-state index in [4.69, 9.17) is 9.47 Å². The van der Waals surface area contributed by atoms with Crippen molar-refractivity contribution in [1.82, 2.24) is 0 Å². The summed E-state index contributed by atoms with van der Waals surface area (Å²) in [6.07, 6.45) is 0. The number of hydrogen-bond donors (Lipinski definition) is 0. The zero-order valence-electron chi connectivity index (χ0n) is 11.0. The van der Waals surface area contributed by atoms with Crippen LogP contribution < -0.4 is 14.0 Å². The van der Waals surface area contributed by atoms with E-state index in [0.717, 1.165) is 11.5 Å². The molecule has 0 saturated heterocycles. The van der Waals surface area contributed by atoms with Crippen LogP contribution in [0.15, 0.2) is 18.2 Å². The van der Waals surface area contributed by atoms with E-state index in [1.807, 2.05) is 12.1 Å². The number of aromatic nitrogens is 1. The molecule has 1 aromatic heterocycles. The van der Waals surface area contributed by atoms with Crippen LogP contribution in [0.4, 0.5) is 0 Å². The predicted molar refractivity (Wildman–Crippen MR) is 67.7 cm³/mol. The van der Waals surface area contributed by atoms with Crippen molar-refractivity contribution in [3.8, 4) is 11.5 Å². The zero-order valence-corrected chi connectivity index (χ0v) is 11.0. The second-order valence-corrected chi connectivity index (χ2v) is 4.22. The van der Waals surface area contributed by atoms with Crippen molar-refractivity contribution in [2.75, 3.05) is 14.2 Å². The molecule has 0 amide bonds. The Labute approximate surface area is 102 Å². The number of nitrogens with zero attached hydrogens (tertiary/aromatic N) is 1. The molecule has 0 radical (unpaired) electrons. The van der Waals surface area contributed by atoms with Crippen molar-refractivity contribution >= 4 is 10.8 Å². The molecule has 17 heavy (non-hydrogen) atoms. The first-order valence-electron chi connectivity index (χ1n) is 5.60. The van der Waals surface area contributed by atoms with Gasteiger partial charge in [-0.25, -0.2) is 4.57 Å². The minimum atomic E-state index is 0.770. The number of ether oxygens (including phenoxy) is 2. The molecule has 0 N–H and O–H groups in total. The van der Waals surface area contributed by atoms with Crippen LogP contribution in [0.5, 0.6) is 11.5 Å². The van der Waals surface area contributed by atoms with Crippen molar-refractivity contribution in [1.29, 1.82) is 0 Å². The molecule has 0 saturated carbocycles. The SMILES string of the molecule is COc1cc2cc(C)[n+](C)c(C)c2cc1OC. The minimum absolute atomic E-state index is 0.770. The average molecular weight is 232 g/mol. The van der Waals surface area contributed by atoms with E-state index < -0.39 is 0 Å². The summed E-state index contributed by atoms with van der Waals surface area (Å²) >= 11 is 0. The molecule has 3 heteroatoms. The van der Waals surface area contributed by atoms with Crippen LogP contribution in [0, 0.1) is 13.8 Å². The quantitative estimate of drug-likeness (QED) is 0.741. The van der Waals surface area contributed by atoms with Crippen molar-refractivity contribution < 1.29 is 14.0 Å². The van der Waals surface area contributed by atoms with E-state index in [0.29, 0.717) is 0 Å². The Morgan fingerprint density at radius 1 is 0.941 bits per heavy atom. The lowest BCUT2D eigenvalue weighted by Crippen LogP contribution is -2.35. The van der Waals surface area contributed by atoms with Crippen LogP contribution in [-0.2, 0) is 7.05 Å². The first-order chi connectivity index (χ1) is 8.08. The average Bonchev–Trinajstić information content (AvgIpc) is 2.34. The van der Waals surface area contributed by atoms with Crippen molar-refractivity contribution in [2.24, 2.45) is 7.05 Å². The molecule has 2 aromatic rings. The highest BCUT2D eigenvalue weighted by Gasteiger charge is 2.14. The van der Waals surface area contributed by atoms with E-state index in [9.17, 15) is 0 Å². The van der Waals surface area contributed by atoms with Gasteiger partial charge in [-0.05, 0) is 17.5 Å². The molecular formula is C14H18NO2+. The lowest BCUT2D eigenvalue weighted by atomic mass is 10.1. The maximum absolute atomic E-state index is 5.34. The molecule has 90 valence electrons. The van der Waals surface area contributed by atoms with Gasteiger partial charge in [0.25, 0.3) is 0 Å². The highest BCUT2D eigenvalue weighted by Crippen LogP contribution is 2.32. The first kappa shape index (κ1) is 11.7. The standard InChI is InChI=1S/C14H18NO2/c1-9-6-11-7-13(16-4)14(17-5)8-12(11)10(2)15(9)3/h6-8H,1-5H3/q+1. The number of methoxy groups -OCH3 is 2. The van der Waals surface area contributed by atoms with Crippen LogP contribution in [0.3, 0.4) is 0 Å². The van der Waals surface area contributed by atoms with Gasteiger partial charge >= 0.3 is 0 Å². The monoisotopic (exact) mass is 232 g/mol. The van der Waals surface area contributed by atoms with Gasteiger partial charge in [0.05, 0.1) is 19.6 Å². The van der Waals surface area contributed by atoms with Crippen LogP contribution >= 0.6 is 0 Å². The molecule has 0 bridgehead atoms. The Hall–Kier alpha value is -1.77. The number of pyridine rings is 1. The van der Waals surface area contributed by atoms with Gasteiger partial charge in [-0.3, -0.25) is 0 Å². The molecule has 3 nitrogen and oxygen atoms in total. The second-order valence-electron chi connectivity index (χ2n) is 4.22. The summed E-state index contributed by atoms with van der Waals surface area (Å²) in [6, 6.07) is 6.21. The number of aryl methyl sites for hydroxylation is 2. The van der Waals surface area contributed by atoms with E-state index in [1.165, 1.54) is 22.2 Å². The van der Waals surface area contributed by atoms with Crippen LogP contribution in [0.1, 0.15) is 11.4 Å². The number of hydrogen-bond acceptors (Lipinski definition) is 2. The number of benzene rings is 1. The third-order valence-electron chi connectivity index (χ3n) is 3.34. The smallest absolute Gasteiger partial charge is 0.186 e. The molecule has 0 aliphatic carbocycles. The summed E-state index contributed by atoms with van der Waals surface area (Å²) in [5.41, 5.74) is 2.45. The molecular weight excluding hydrogens is 214 g/mol. The van der Waals surface area contributed by atoms with Gasteiger partial charge in [0.1, 0.15) is 7.05 Å². The van der Waals surface area contributed by atoms with Crippen LogP contribution in [0.25, 0.3) is 10.8 Å². The first-order valence-corrected chi connectivity index (χ1v) is 5.60. The molecule has 2 rings (SSSR count). The van der Waals surface area contributed by atoms with Crippen LogP contribution in [-0.4, -0.2) is 14.2 Å². The fourth-order valence-corrected chi connectivity index (χ4v) is 2.09. The van der Waals surface area contributed by atoms with E-state index >= 15 is 0 Å². The number of fused-ring (bicyclic) bond motifs is 1. The third-order valence-corrected chi connectivity index (χ3v) is 3.34. The largest absolute Gasteiger partial charge is 0.493 e. The van der Waals surface area contributed by atoms with Gasteiger partial charge in [-0.15, -0.1) is 0 Å². The maximum Gasteiger partial charge on any atom is 0.186 e. The van der Waals surface area contributed by atoms with Gasteiger partial charge in [-0.1, -0.05) is 0 Å². The number of rotatable bonds is 2. The Bertz CT molecular complexity index is 576. The lowest BCUT2D eigenvalue weighted by molar-refractivity contribution is -0.682. The second kappa shape index (κ2) is 4.24. The molecule has 0 spiro atoms. The van der Waals surface area contributed by atoms with Crippen molar-refractivity contribution in [3.63, 3.8) is 0 Å². The molecule has 0 aliphatic rings. The zero-order chi connectivity index (χ0) is 12.6.